The van der Waals surface area contributed by atoms with E-state index in [2.05, 4.69) is 9.83 Å². The minimum Gasteiger partial charge on any atom is -0.399 e. The van der Waals surface area contributed by atoms with Crippen LogP contribution in [0, 0.1) is 6.57 Å². The monoisotopic (exact) mass is 245 g/mol. The molecule has 0 aromatic carbocycles. The fourth-order valence-electron chi connectivity index (χ4n) is 1.68. The molecular weight excluding hydrogens is 229 g/mol. The van der Waals surface area contributed by atoms with Crippen molar-refractivity contribution in [1.82, 2.24) is 4.98 Å². The van der Waals surface area contributed by atoms with E-state index >= 15 is 0 Å². The quantitative estimate of drug-likeness (QED) is 0.601. The molecule has 1 aromatic rings. The van der Waals surface area contributed by atoms with Crippen LogP contribution in [0.3, 0.4) is 0 Å². The second-order valence-corrected chi connectivity index (χ2v) is 5.37. The highest BCUT2D eigenvalue weighted by Gasteiger charge is 2.51. The summed E-state index contributed by atoms with van der Waals surface area (Å²) in [4.78, 5) is 7.32. The number of hydrogen-bond acceptors (Lipinski definition) is 4. The van der Waals surface area contributed by atoms with Crippen LogP contribution in [0.2, 0.25) is 0 Å². The van der Waals surface area contributed by atoms with Gasteiger partial charge in [0.25, 0.3) is 0 Å². The van der Waals surface area contributed by atoms with E-state index in [1.54, 1.807) is 12.3 Å². The van der Waals surface area contributed by atoms with Crippen LogP contribution in [0.15, 0.2) is 12.3 Å². The zero-order valence-electron chi connectivity index (χ0n) is 11.0. The highest BCUT2D eigenvalue weighted by atomic mass is 16.7. The van der Waals surface area contributed by atoms with Crippen molar-refractivity contribution in [2.24, 2.45) is 0 Å². The lowest BCUT2D eigenvalue weighted by Gasteiger charge is -2.32. The molecule has 0 saturated carbocycles. The van der Waals surface area contributed by atoms with Gasteiger partial charge in [0.15, 0.2) is 0 Å². The number of nitrogens with two attached hydrogens (primary N) is 1. The lowest BCUT2D eigenvalue weighted by Crippen LogP contribution is -2.41. The Labute approximate surface area is 107 Å². The van der Waals surface area contributed by atoms with Gasteiger partial charge in [-0.15, -0.1) is 0 Å². The zero-order chi connectivity index (χ0) is 13.6. The van der Waals surface area contributed by atoms with Crippen LogP contribution in [0.4, 0.5) is 11.5 Å². The Morgan fingerprint density at radius 3 is 2.33 bits per heavy atom. The fourth-order valence-corrected chi connectivity index (χ4v) is 1.68. The Balaban J connectivity index is 2.33. The SMILES string of the molecule is [C-]#[N+]c1cc(B2OC(C)(C)C(C)(C)O2)cnc1N. The van der Waals surface area contributed by atoms with Gasteiger partial charge in [0.05, 0.1) is 17.8 Å². The normalized spacial score (nSPS) is 20.7. The minimum absolute atomic E-state index is 0.227. The van der Waals surface area contributed by atoms with E-state index in [0.29, 0.717) is 11.2 Å². The largest absolute Gasteiger partial charge is 0.495 e. The first-order valence-electron chi connectivity index (χ1n) is 5.75. The summed E-state index contributed by atoms with van der Waals surface area (Å²) < 4.78 is 11.8. The molecule has 2 heterocycles. The van der Waals surface area contributed by atoms with Gasteiger partial charge in [0.2, 0.25) is 5.69 Å². The second-order valence-electron chi connectivity index (χ2n) is 5.37. The van der Waals surface area contributed by atoms with Gasteiger partial charge in [-0.3, -0.25) is 4.98 Å². The van der Waals surface area contributed by atoms with Gasteiger partial charge < -0.3 is 15.0 Å². The maximum absolute atomic E-state index is 7.03. The van der Waals surface area contributed by atoms with Gasteiger partial charge in [-0.25, -0.2) is 4.85 Å². The molecular formula is C12H16BN3O2. The van der Waals surface area contributed by atoms with Crippen molar-refractivity contribution in [2.75, 3.05) is 5.73 Å². The Hall–Kier alpha value is -1.58. The van der Waals surface area contributed by atoms with Crippen molar-refractivity contribution >= 4 is 24.1 Å². The molecule has 0 atom stereocenters. The fraction of sp³-hybridized carbons (Fsp3) is 0.500. The number of rotatable bonds is 1. The van der Waals surface area contributed by atoms with Gasteiger partial charge in [-0.2, -0.15) is 0 Å². The van der Waals surface area contributed by atoms with Crippen molar-refractivity contribution in [1.29, 1.82) is 0 Å². The van der Waals surface area contributed by atoms with E-state index in [9.17, 15) is 0 Å². The molecule has 94 valence electrons. The van der Waals surface area contributed by atoms with E-state index < -0.39 is 18.3 Å². The molecule has 18 heavy (non-hydrogen) atoms. The van der Waals surface area contributed by atoms with Gasteiger partial charge in [-0.1, -0.05) is 6.07 Å². The summed E-state index contributed by atoms with van der Waals surface area (Å²) in [5.74, 6) is 0.227. The molecule has 1 aromatic heterocycles. The molecule has 2 N–H and O–H groups in total. The summed E-state index contributed by atoms with van der Waals surface area (Å²) in [6.45, 7) is 14.9. The molecule has 0 spiro atoms. The molecule has 1 aliphatic rings. The highest BCUT2D eigenvalue weighted by molar-refractivity contribution is 6.62. The second kappa shape index (κ2) is 3.97. The first-order chi connectivity index (χ1) is 8.27. The van der Waals surface area contributed by atoms with Gasteiger partial charge in [0, 0.05) is 6.20 Å². The standard InChI is InChI=1S/C12H16BN3O2/c1-11(2)12(3,4)18-13(17-11)8-6-9(15-5)10(14)16-7-8/h6-7H,1-4H3,(H2,14,16). The first kappa shape index (κ1) is 12.9. The average molecular weight is 245 g/mol. The Morgan fingerprint density at radius 2 is 1.83 bits per heavy atom. The summed E-state index contributed by atoms with van der Waals surface area (Å²) in [6.07, 6.45) is 1.59. The number of nitrogens with zero attached hydrogens (tertiary/aromatic N) is 2. The van der Waals surface area contributed by atoms with Crippen molar-refractivity contribution in [3.05, 3.63) is 23.7 Å². The van der Waals surface area contributed by atoms with Gasteiger partial charge >= 0.3 is 7.12 Å². The van der Waals surface area contributed by atoms with Crippen molar-refractivity contribution in [2.45, 2.75) is 38.9 Å². The van der Waals surface area contributed by atoms with Crippen molar-refractivity contribution in [3.63, 3.8) is 0 Å². The summed E-state index contributed by atoms with van der Waals surface area (Å²) in [6, 6.07) is 1.66. The highest BCUT2D eigenvalue weighted by Crippen LogP contribution is 2.36. The van der Waals surface area contributed by atoms with Gasteiger partial charge in [-0.05, 0) is 33.2 Å². The molecule has 0 aliphatic carbocycles. The Kier molecular flexibility index (Phi) is 2.84. The summed E-state index contributed by atoms with van der Waals surface area (Å²) in [5.41, 5.74) is 5.83. The molecule has 1 saturated heterocycles. The summed E-state index contributed by atoms with van der Waals surface area (Å²) in [5, 5.41) is 0. The van der Waals surface area contributed by atoms with E-state index in [0.717, 1.165) is 0 Å². The van der Waals surface area contributed by atoms with Crippen LogP contribution < -0.4 is 11.2 Å². The molecule has 6 heteroatoms. The lowest BCUT2D eigenvalue weighted by molar-refractivity contribution is 0.00578. The third-order valence-electron chi connectivity index (χ3n) is 3.56. The summed E-state index contributed by atoms with van der Waals surface area (Å²) in [7, 11) is -0.511. The van der Waals surface area contributed by atoms with Crippen LogP contribution in [-0.4, -0.2) is 23.3 Å². The van der Waals surface area contributed by atoms with Crippen LogP contribution in [-0.2, 0) is 9.31 Å². The van der Waals surface area contributed by atoms with E-state index in [-0.39, 0.29) is 5.82 Å². The van der Waals surface area contributed by atoms with E-state index in [1.807, 2.05) is 27.7 Å². The number of aromatic nitrogens is 1. The number of pyridine rings is 1. The van der Waals surface area contributed by atoms with Crippen LogP contribution in [0.5, 0.6) is 0 Å². The molecule has 2 rings (SSSR count). The molecule has 1 fully saturated rings. The Bertz CT molecular complexity index is 507. The third kappa shape index (κ3) is 1.96. The molecule has 0 unspecified atom stereocenters. The van der Waals surface area contributed by atoms with Crippen molar-refractivity contribution in [3.8, 4) is 0 Å². The topological polar surface area (TPSA) is 61.7 Å². The predicted octanol–water partition coefficient (Wildman–Crippen LogP) is 1.51. The Morgan fingerprint density at radius 1 is 1.28 bits per heavy atom. The smallest absolute Gasteiger partial charge is 0.399 e. The van der Waals surface area contributed by atoms with Crippen LogP contribution in [0.25, 0.3) is 4.85 Å². The molecule has 5 nitrogen and oxygen atoms in total. The van der Waals surface area contributed by atoms with Crippen LogP contribution >= 0.6 is 0 Å². The van der Waals surface area contributed by atoms with Crippen LogP contribution in [0.1, 0.15) is 27.7 Å². The lowest BCUT2D eigenvalue weighted by atomic mass is 9.80. The first-order valence-corrected chi connectivity index (χ1v) is 5.75. The van der Waals surface area contributed by atoms with E-state index in [4.69, 9.17) is 21.6 Å². The van der Waals surface area contributed by atoms with Crippen molar-refractivity contribution < 1.29 is 9.31 Å². The average Bonchev–Trinajstić information content (AvgIpc) is 2.49. The van der Waals surface area contributed by atoms with Gasteiger partial charge in [0.1, 0.15) is 5.82 Å². The summed E-state index contributed by atoms with van der Waals surface area (Å²) >= 11 is 0. The predicted molar refractivity (Wildman–Crippen MR) is 70.6 cm³/mol. The molecule has 1 aliphatic heterocycles. The number of nitrogen functional groups attached to an aromatic ring is 1. The molecule has 0 radical (unpaired) electrons. The third-order valence-corrected chi connectivity index (χ3v) is 3.56. The molecule has 0 bridgehead atoms. The zero-order valence-corrected chi connectivity index (χ0v) is 11.0. The van der Waals surface area contributed by atoms with E-state index in [1.165, 1.54) is 0 Å². The number of hydrogen-bond donors (Lipinski definition) is 1. The maximum Gasteiger partial charge on any atom is 0.495 e. The maximum atomic E-state index is 7.03. The number of anilines is 1. The minimum atomic E-state index is -0.511. The molecule has 0 amide bonds.